The summed E-state index contributed by atoms with van der Waals surface area (Å²) in [6, 6.07) is 14.2. The molecule has 5 nitrogen and oxygen atoms in total. The van der Waals surface area contributed by atoms with Crippen LogP contribution in [0.15, 0.2) is 60.2 Å². The van der Waals surface area contributed by atoms with Crippen LogP contribution in [0.1, 0.15) is 40.6 Å². The number of hydrogen-bond donors (Lipinski definition) is 1. The van der Waals surface area contributed by atoms with E-state index in [4.69, 9.17) is 0 Å². The fraction of sp³-hybridized carbons (Fsp3) is 0.320. The van der Waals surface area contributed by atoms with Crippen LogP contribution < -0.4 is 5.32 Å². The Kier molecular flexibility index (Phi) is 6.47. The number of nitrogens with zero attached hydrogens (tertiary/aromatic N) is 2. The molecule has 31 heavy (non-hydrogen) atoms. The standard InChI is InChI=1S/C25H27N3O2S/c1-17(2)23-13-22(16-31-23)25(30)28-11-10-27-24(29)21(15-28)12-18-5-7-19(8-6-18)20-4-3-9-26-14-20/h3-9,13-14,16-17,21H,10-12,15H2,1-2H3,(H,27,29)/t21-/m0/s1. The van der Waals surface area contributed by atoms with Crippen LogP contribution in [0.25, 0.3) is 11.1 Å². The minimum atomic E-state index is -0.265. The third-order valence-electron chi connectivity index (χ3n) is 5.65. The molecule has 160 valence electrons. The molecule has 1 aromatic carbocycles. The Balaban J connectivity index is 1.46. The molecule has 3 heterocycles. The molecule has 0 radical (unpaired) electrons. The van der Waals surface area contributed by atoms with Gasteiger partial charge in [-0.15, -0.1) is 11.3 Å². The van der Waals surface area contributed by atoms with Gasteiger partial charge in [-0.2, -0.15) is 0 Å². The lowest BCUT2D eigenvalue weighted by molar-refractivity contribution is -0.124. The van der Waals surface area contributed by atoms with Crippen molar-refractivity contribution in [1.82, 2.24) is 15.2 Å². The third kappa shape index (κ3) is 5.02. The molecule has 2 aromatic heterocycles. The molecule has 1 fully saturated rings. The fourth-order valence-electron chi connectivity index (χ4n) is 3.84. The number of rotatable bonds is 5. The van der Waals surface area contributed by atoms with Crippen molar-refractivity contribution in [3.05, 3.63) is 76.2 Å². The van der Waals surface area contributed by atoms with E-state index in [-0.39, 0.29) is 17.7 Å². The Morgan fingerprint density at radius 2 is 2.03 bits per heavy atom. The second-order valence-electron chi connectivity index (χ2n) is 8.27. The van der Waals surface area contributed by atoms with Crippen molar-refractivity contribution in [3.8, 4) is 11.1 Å². The van der Waals surface area contributed by atoms with Crippen molar-refractivity contribution in [2.45, 2.75) is 26.2 Å². The van der Waals surface area contributed by atoms with E-state index in [0.717, 1.165) is 22.3 Å². The van der Waals surface area contributed by atoms with Gasteiger partial charge in [-0.1, -0.05) is 44.2 Å². The van der Waals surface area contributed by atoms with Crippen LogP contribution >= 0.6 is 11.3 Å². The highest BCUT2D eigenvalue weighted by molar-refractivity contribution is 7.10. The molecule has 1 aliphatic rings. The molecule has 3 aromatic rings. The molecule has 1 saturated heterocycles. The van der Waals surface area contributed by atoms with Gasteiger partial charge in [-0.05, 0) is 41.2 Å². The van der Waals surface area contributed by atoms with Crippen molar-refractivity contribution in [2.75, 3.05) is 19.6 Å². The van der Waals surface area contributed by atoms with E-state index in [2.05, 4.69) is 48.4 Å². The van der Waals surface area contributed by atoms with E-state index in [1.165, 1.54) is 4.88 Å². The summed E-state index contributed by atoms with van der Waals surface area (Å²) in [7, 11) is 0. The number of carbonyl (C=O) groups excluding carboxylic acids is 2. The zero-order chi connectivity index (χ0) is 21.8. The largest absolute Gasteiger partial charge is 0.354 e. The first-order chi connectivity index (χ1) is 15.0. The normalized spacial score (nSPS) is 16.8. The summed E-state index contributed by atoms with van der Waals surface area (Å²) in [6.45, 7) is 5.71. The van der Waals surface area contributed by atoms with Crippen LogP contribution in [0.3, 0.4) is 0 Å². The molecule has 4 rings (SSSR count). The molecule has 1 aliphatic heterocycles. The number of hydrogen-bond acceptors (Lipinski definition) is 4. The van der Waals surface area contributed by atoms with Crippen molar-refractivity contribution < 1.29 is 9.59 Å². The number of benzene rings is 1. The van der Waals surface area contributed by atoms with E-state index in [9.17, 15) is 9.59 Å². The van der Waals surface area contributed by atoms with Gasteiger partial charge in [0.25, 0.3) is 5.91 Å². The predicted octanol–water partition coefficient (Wildman–Crippen LogP) is 4.36. The lowest BCUT2D eigenvalue weighted by Crippen LogP contribution is -2.37. The van der Waals surface area contributed by atoms with Gasteiger partial charge >= 0.3 is 0 Å². The summed E-state index contributed by atoms with van der Waals surface area (Å²) in [5.74, 6) is 0.164. The van der Waals surface area contributed by atoms with E-state index in [1.807, 2.05) is 34.7 Å². The molecule has 1 atom stereocenters. The summed E-state index contributed by atoms with van der Waals surface area (Å²) in [5, 5.41) is 4.91. The van der Waals surface area contributed by atoms with E-state index in [1.54, 1.807) is 17.5 Å². The van der Waals surface area contributed by atoms with Crippen LogP contribution in [0.4, 0.5) is 0 Å². The number of nitrogens with one attached hydrogen (secondary N) is 1. The molecule has 6 heteroatoms. The van der Waals surface area contributed by atoms with E-state index >= 15 is 0 Å². The van der Waals surface area contributed by atoms with Gasteiger partial charge in [0, 0.05) is 42.3 Å². The number of pyridine rings is 1. The van der Waals surface area contributed by atoms with Crippen LogP contribution in [0, 0.1) is 5.92 Å². The summed E-state index contributed by atoms with van der Waals surface area (Å²) in [5.41, 5.74) is 3.97. The molecule has 0 unspecified atom stereocenters. The summed E-state index contributed by atoms with van der Waals surface area (Å²) in [6.07, 6.45) is 4.20. The number of carbonyl (C=O) groups is 2. The Hall–Kier alpha value is -2.99. The minimum Gasteiger partial charge on any atom is -0.354 e. The highest BCUT2D eigenvalue weighted by Crippen LogP contribution is 2.25. The van der Waals surface area contributed by atoms with E-state index < -0.39 is 0 Å². The molecule has 0 bridgehead atoms. The minimum absolute atomic E-state index is 0.0107. The topological polar surface area (TPSA) is 62.3 Å². The van der Waals surface area contributed by atoms with Crippen LogP contribution in [0.5, 0.6) is 0 Å². The summed E-state index contributed by atoms with van der Waals surface area (Å²) < 4.78 is 0. The summed E-state index contributed by atoms with van der Waals surface area (Å²) in [4.78, 5) is 32.9. The van der Waals surface area contributed by atoms with Crippen molar-refractivity contribution >= 4 is 23.2 Å². The molecule has 1 N–H and O–H groups in total. The fourth-order valence-corrected chi connectivity index (χ4v) is 4.74. The number of amides is 2. The molecular formula is C25H27N3O2S. The molecule has 0 spiro atoms. The maximum absolute atomic E-state index is 13.1. The molecule has 0 saturated carbocycles. The van der Waals surface area contributed by atoms with E-state index in [0.29, 0.717) is 32.0 Å². The Morgan fingerprint density at radius 3 is 2.71 bits per heavy atom. The lowest BCUT2D eigenvalue weighted by atomic mass is 9.96. The van der Waals surface area contributed by atoms with Gasteiger partial charge in [0.1, 0.15) is 0 Å². The molecule has 2 amide bonds. The third-order valence-corrected chi connectivity index (χ3v) is 6.88. The smallest absolute Gasteiger partial charge is 0.254 e. The first kappa shape index (κ1) is 21.2. The first-order valence-electron chi connectivity index (χ1n) is 10.7. The highest BCUT2D eigenvalue weighted by Gasteiger charge is 2.28. The predicted molar refractivity (Wildman–Crippen MR) is 124 cm³/mol. The monoisotopic (exact) mass is 433 g/mol. The number of aromatic nitrogens is 1. The van der Waals surface area contributed by atoms with Crippen molar-refractivity contribution in [2.24, 2.45) is 5.92 Å². The van der Waals surface area contributed by atoms with Gasteiger partial charge in [0.2, 0.25) is 5.91 Å². The maximum Gasteiger partial charge on any atom is 0.254 e. The first-order valence-corrected chi connectivity index (χ1v) is 11.5. The van der Waals surface area contributed by atoms with Crippen molar-refractivity contribution in [1.29, 1.82) is 0 Å². The summed E-state index contributed by atoms with van der Waals surface area (Å²) >= 11 is 1.62. The molecular weight excluding hydrogens is 406 g/mol. The van der Waals surface area contributed by atoms with Gasteiger partial charge < -0.3 is 10.2 Å². The van der Waals surface area contributed by atoms with Gasteiger partial charge in [-0.25, -0.2) is 0 Å². The van der Waals surface area contributed by atoms with Gasteiger partial charge in [0.15, 0.2) is 0 Å². The van der Waals surface area contributed by atoms with Crippen molar-refractivity contribution in [3.63, 3.8) is 0 Å². The average molecular weight is 434 g/mol. The maximum atomic E-state index is 13.1. The Morgan fingerprint density at radius 1 is 1.23 bits per heavy atom. The molecule has 0 aliphatic carbocycles. The highest BCUT2D eigenvalue weighted by atomic mass is 32.1. The van der Waals surface area contributed by atoms with Gasteiger partial charge in [-0.3, -0.25) is 14.6 Å². The average Bonchev–Trinajstić information content (AvgIpc) is 3.22. The van der Waals surface area contributed by atoms with Gasteiger partial charge in [0.05, 0.1) is 11.5 Å². The Labute approximate surface area is 187 Å². The lowest BCUT2D eigenvalue weighted by Gasteiger charge is -2.23. The zero-order valence-corrected chi connectivity index (χ0v) is 18.7. The SMILES string of the molecule is CC(C)c1cc(C(=O)N2CCNC(=O)[C@@H](Cc3ccc(-c4cccnc4)cc3)C2)cs1. The van der Waals surface area contributed by atoms with Crippen LogP contribution in [-0.4, -0.2) is 41.3 Å². The second kappa shape index (κ2) is 9.43. The second-order valence-corrected chi connectivity index (χ2v) is 9.22. The number of thiophene rings is 1. The quantitative estimate of drug-likeness (QED) is 0.650. The zero-order valence-electron chi connectivity index (χ0n) is 17.9. The Bertz CT molecular complexity index is 1040. The van der Waals surface area contributed by atoms with Crippen LogP contribution in [-0.2, 0) is 11.2 Å². The van der Waals surface area contributed by atoms with Crippen LogP contribution in [0.2, 0.25) is 0 Å².